The van der Waals surface area contributed by atoms with Crippen molar-refractivity contribution >= 4 is 15.9 Å². The van der Waals surface area contributed by atoms with Crippen molar-refractivity contribution in [3.05, 3.63) is 28.5 Å². The van der Waals surface area contributed by atoms with Crippen molar-refractivity contribution in [3.63, 3.8) is 0 Å². The summed E-state index contributed by atoms with van der Waals surface area (Å²) in [6.45, 7) is 6.77. The van der Waals surface area contributed by atoms with Crippen LogP contribution in [0.2, 0.25) is 0 Å². The van der Waals surface area contributed by atoms with Gasteiger partial charge in [-0.1, -0.05) is 13.8 Å². The van der Waals surface area contributed by atoms with E-state index in [2.05, 4.69) is 52.2 Å². The lowest BCUT2D eigenvalue weighted by Gasteiger charge is -2.16. The lowest BCUT2D eigenvalue weighted by Crippen LogP contribution is -2.28. The molecule has 2 rings (SSSR count). The molecule has 17 heavy (non-hydrogen) atoms. The van der Waals surface area contributed by atoms with Crippen LogP contribution in [0.25, 0.3) is 0 Å². The number of aromatic nitrogens is 1. The topological polar surface area (TPSA) is 24.9 Å². The first-order valence-electron chi connectivity index (χ1n) is 6.41. The summed E-state index contributed by atoms with van der Waals surface area (Å²) >= 11 is 3.42. The third kappa shape index (κ3) is 4.07. The number of nitrogens with zero attached hydrogens (tertiary/aromatic N) is 1. The van der Waals surface area contributed by atoms with Gasteiger partial charge in [-0.15, -0.1) is 0 Å². The zero-order valence-electron chi connectivity index (χ0n) is 10.7. The highest BCUT2D eigenvalue weighted by Crippen LogP contribution is 2.47. The molecule has 0 radical (unpaired) electrons. The summed E-state index contributed by atoms with van der Waals surface area (Å²) in [6.07, 6.45) is 5.70. The maximum Gasteiger partial charge on any atom is 0.0413 e. The first kappa shape index (κ1) is 13.0. The number of hydrogen-bond acceptors (Lipinski definition) is 2. The predicted molar refractivity (Wildman–Crippen MR) is 75.0 cm³/mol. The van der Waals surface area contributed by atoms with Crippen LogP contribution in [0.1, 0.15) is 32.4 Å². The fourth-order valence-electron chi connectivity index (χ4n) is 2.11. The maximum atomic E-state index is 4.47. The van der Waals surface area contributed by atoms with E-state index in [-0.39, 0.29) is 0 Å². The fraction of sp³-hybridized carbons (Fsp3) is 0.643. The quantitative estimate of drug-likeness (QED) is 0.870. The summed E-state index contributed by atoms with van der Waals surface area (Å²) in [5.74, 6) is 0.733. The van der Waals surface area contributed by atoms with Crippen molar-refractivity contribution in [2.75, 3.05) is 13.1 Å². The monoisotopic (exact) mass is 296 g/mol. The van der Waals surface area contributed by atoms with E-state index in [1.165, 1.54) is 18.5 Å². The third-order valence-electron chi connectivity index (χ3n) is 3.35. The molecule has 2 nitrogen and oxygen atoms in total. The Morgan fingerprint density at radius 3 is 2.71 bits per heavy atom. The zero-order chi connectivity index (χ0) is 12.3. The standard InChI is InChI=1S/C14H21BrN2/c1-11(2)8-16-10-14(5-6-14)7-13-4-3-12(15)9-17-13/h3-4,9,11,16H,5-8,10H2,1-2H3. The van der Waals surface area contributed by atoms with E-state index in [0.29, 0.717) is 5.41 Å². The molecule has 0 aliphatic heterocycles. The van der Waals surface area contributed by atoms with E-state index in [0.717, 1.165) is 29.9 Å². The van der Waals surface area contributed by atoms with Crippen molar-refractivity contribution < 1.29 is 0 Å². The predicted octanol–water partition coefficient (Wildman–Crippen LogP) is 3.41. The smallest absolute Gasteiger partial charge is 0.0413 e. The molecule has 0 aromatic carbocycles. The van der Waals surface area contributed by atoms with Gasteiger partial charge in [0.2, 0.25) is 0 Å². The van der Waals surface area contributed by atoms with Crippen molar-refractivity contribution in [1.82, 2.24) is 10.3 Å². The lowest BCUT2D eigenvalue weighted by atomic mass is 9.99. The van der Waals surface area contributed by atoms with E-state index in [1.807, 2.05) is 6.20 Å². The maximum absolute atomic E-state index is 4.47. The summed E-state index contributed by atoms with van der Waals surface area (Å²) in [5, 5.41) is 3.58. The van der Waals surface area contributed by atoms with Gasteiger partial charge < -0.3 is 5.32 Å². The van der Waals surface area contributed by atoms with Gasteiger partial charge in [-0.2, -0.15) is 0 Å². The van der Waals surface area contributed by atoms with Crippen LogP contribution in [0.4, 0.5) is 0 Å². The lowest BCUT2D eigenvalue weighted by molar-refractivity contribution is 0.428. The largest absolute Gasteiger partial charge is 0.316 e. The molecule has 0 amide bonds. The van der Waals surface area contributed by atoms with Crippen LogP contribution >= 0.6 is 15.9 Å². The Hall–Kier alpha value is -0.410. The highest BCUT2D eigenvalue weighted by molar-refractivity contribution is 9.10. The van der Waals surface area contributed by atoms with E-state index in [4.69, 9.17) is 0 Å². The van der Waals surface area contributed by atoms with Crippen molar-refractivity contribution in [2.24, 2.45) is 11.3 Å². The van der Waals surface area contributed by atoms with Crippen molar-refractivity contribution in [3.8, 4) is 0 Å². The number of hydrogen-bond donors (Lipinski definition) is 1. The van der Waals surface area contributed by atoms with E-state index in [9.17, 15) is 0 Å². The van der Waals surface area contributed by atoms with Gasteiger partial charge in [0.25, 0.3) is 0 Å². The SMILES string of the molecule is CC(C)CNCC1(Cc2ccc(Br)cn2)CC1. The minimum absolute atomic E-state index is 0.496. The molecular weight excluding hydrogens is 276 g/mol. The molecule has 0 unspecified atom stereocenters. The van der Waals surface area contributed by atoms with Gasteiger partial charge in [-0.3, -0.25) is 4.98 Å². The van der Waals surface area contributed by atoms with Gasteiger partial charge in [-0.25, -0.2) is 0 Å². The van der Waals surface area contributed by atoms with Crippen LogP contribution in [0.15, 0.2) is 22.8 Å². The molecular formula is C14H21BrN2. The second-order valence-electron chi connectivity index (χ2n) is 5.67. The van der Waals surface area contributed by atoms with Crippen LogP contribution in [-0.2, 0) is 6.42 Å². The summed E-state index contributed by atoms with van der Waals surface area (Å²) in [4.78, 5) is 4.47. The Bertz CT molecular complexity index is 355. The molecule has 1 N–H and O–H groups in total. The molecule has 1 aromatic heterocycles. The minimum atomic E-state index is 0.496. The molecule has 3 heteroatoms. The van der Waals surface area contributed by atoms with E-state index in [1.54, 1.807) is 0 Å². The van der Waals surface area contributed by atoms with Crippen LogP contribution in [-0.4, -0.2) is 18.1 Å². The molecule has 0 saturated heterocycles. The molecule has 1 fully saturated rings. The summed E-state index contributed by atoms with van der Waals surface area (Å²) in [6, 6.07) is 4.21. The van der Waals surface area contributed by atoms with Crippen molar-refractivity contribution in [1.29, 1.82) is 0 Å². The average Bonchev–Trinajstić information content (AvgIpc) is 3.01. The third-order valence-corrected chi connectivity index (χ3v) is 3.82. The molecule has 1 heterocycles. The molecule has 1 saturated carbocycles. The normalized spacial score (nSPS) is 17.4. The summed E-state index contributed by atoms with van der Waals surface area (Å²) in [5.41, 5.74) is 1.72. The Labute approximate surface area is 112 Å². The number of nitrogens with one attached hydrogen (secondary N) is 1. The molecule has 0 bridgehead atoms. The molecule has 94 valence electrons. The minimum Gasteiger partial charge on any atom is -0.316 e. The molecule has 0 spiro atoms. The Balaban J connectivity index is 1.83. The fourth-order valence-corrected chi connectivity index (χ4v) is 2.35. The Morgan fingerprint density at radius 2 is 2.18 bits per heavy atom. The van der Waals surface area contributed by atoms with Crippen molar-refractivity contribution in [2.45, 2.75) is 33.1 Å². The van der Waals surface area contributed by atoms with Gasteiger partial charge in [0, 0.05) is 22.9 Å². The van der Waals surface area contributed by atoms with Crippen LogP contribution in [0, 0.1) is 11.3 Å². The number of halogens is 1. The Kier molecular flexibility index (Phi) is 4.21. The van der Waals surface area contributed by atoms with E-state index >= 15 is 0 Å². The van der Waals surface area contributed by atoms with Crippen LogP contribution in [0.3, 0.4) is 0 Å². The summed E-state index contributed by atoms with van der Waals surface area (Å²) < 4.78 is 1.06. The first-order chi connectivity index (χ1) is 8.10. The van der Waals surface area contributed by atoms with Gasteiger partial charge in [0.1, 0.15) is 0 Å². The van der Waals surface area contributed by atoms with Gasteiger partial charge in [0.15, 0.2) is 0 Å². The first-order valence-corrected chi connectivity index (χ1v) is 7.20. The number of pyridine rings is 1. The summed E-state index contributed by atoms with van der Waals surface area (Å²) in [7, 11) is 0. The van der Waals surface area contributed by atoms with E-state index < -0.39 is 0 Å². The van der Waals surface area contributed by atoms with Crippen LogP contribution in [0.5, 0.6) is 0 Å². The van der Waals surface area contributed by atoms with Gasteiger partial charge in [-0.05, 0) is 65.2 Å². The highest BCUT2D eigenvalue weighted by Gasteiger charge is 2.42. The average molecular weight is 297 g/mol. The molecule has 1 aliphatic rings. The zero-order valence-corrected chi connectivity index (χ0v) is 12.3. The highest BCUT2D eigenvalue weighted by atomic mass is 79.9. The second kappa shape index (κ2) is 5.49. The molecule has 0 atom stereocenters. The van der Waals surface area contributed by atoms with Gasteiger partial charge in [0.05, 0.1) is 0 Å². The Morgan fingerprint density at radius 1 is 1.41 bits per heavy atom. The second-order valence-corrected chi connectivity index (χ2v) is 6.58. The number of rotatable bonds is 6. The van der Waals surface area contributed by atoms with Crippen LogP contribution < -0.4 is 5.32 Å². The molecule has 1 aromatic rings. The molecule has 1 aliphatic carbocycles. The van der Waals surface area contributed by atoms with Gasteiger partial charge >= 0.3 is 0 Å².